The maximum atomic E-state index is 3.32. The Bertz CT molecular complexity index is 141. The van der Waals surface area contributed by atoms with E-state index in [0.29, 0.717) is 0 Å². The molecule has 12 heavy (non-hydrogen) atoms. The van der Waals surface area contributed by atoms with Crippen LogP contribution in [0, 0.1) is 5.92 Å². The van der Waals surface area contributed by atoms with Crippen molar-refractivity contribution in [3.8, 4) is 0 Å². The maximum Gasteiger partial charge on any atom is 0.0209 e. The minimum absolute atomic E-state index is 0.936. The molecule has 2 saturated heterocycles. The second kappa shape index (κ2) is 4.21. The molecule has 2 fully saturated rings. The lowest BCUT2D eigenvalue weighted by molar-refractivity contribution is 0.155. The zero-order valence-corrected chi connectivity index (χ0v) is 9.46. The first-order valence-electron chi connectivity index (χ1n) is 4.68. The molecule has 70 valence electrons. The zero-order valence-electron chi connectivity index (χ0n) is 7.30. The van der Waals surface area contributed by atoms with Crippen molar-refractivity contribution in [2.75, 3.05) is 45.8 Å². The molecular weight excluding hydrogens is 265 g/mol. The summed E-state index contributed by atoms with van der Waals surface area (Å²) in [7, 11) is 0. The zero-order chi connectivity index (χ0) is 8.39. The Labute approximate surface area is 88.0 Å². The minimum Gasteiger partial charge on any atom is -0.316 e. The highest BCUT2D eigenvalue weighted by molar-refractivity contribution is 14.1. The molecule has 2 aliphatic rings. The average molecular weight is 281 g/mol. The Balaban J connectivity index is 1.67. The van der Waals surface area contributed by atoms with Crippen LogP contribution in [-0.2, 0) is 0 Å². The lowest BCUT2D eigenvalue weighted by Gasteiger charge is -2.36. The van der Waals surface area contributed by atoms with Gasteiger partial charge in [-0.05, 0) is 5.92 Å². The summed E-state index contributed by atoms with van der Waals surface area (Å²) in [5.74, 6) is 0.936. The smallest absolute Gasteiger partial charge is 0.0209 e. The van der Waals surface area contributed by atoms with E-state index >= 15 is 0 Å². The largest absolute Gasteiger partial charge is 0.316 e. The third-order valence-electron chi connectivity index (χ3n) is 2.70. The van der Waals surface area contributed by atoms with Gasteiger partial charge in [-0.2, -0.15) is 0 Å². The molecule has 0 aromatic heterocycles. The van der Waals surface area contributed by atoms with Crippen molar-refractivity contribution in [3.63, 3.8) is 0 Å². The van der Waals surface area contributed by atoms with Crippen LogP contribution in [0.1, 0.15) is 0 Å². The molecule has 0 bridgehead atoms. The predicted molar refractivity (Wildman–Crippen MR) is 58.4 cm³/mol. The molecule has 3 nitrogen and oxygen atoms in total. The lowest BCUT2D eigenvalue weighted by atomic mass is 10.0. The molecule has 1 N–H and O–H groups in total. The fourth-order valence-corrected chi connectivity index (χ4v) is 2.18. The van der Waals surface area contributed by atoms with Gasteiger partial charge in [-0.3, -0.25) is 0 Å². The van der Waals surface area contributed by atoms with Crippen molar-refractivity contribution in [3.05, 3.63) is 0 Å². The van der Waals surface area contributed by atoms with E-state index in [2.05, 4.69) is 36.2 Å². The monoisotopic (exact) mass is 281 g/mol. The van der Waals surface area contributed by atoms with Crippen molar-refractivity contribution < 1.29 is 0 Å². The molecule has 0 unspecified atom stereocenters. The van der Waals surface area contributed by atoms with Crippen LogP contribution in [-0.4, -0.2) is 53.8 Å². The van der Waals surface area contributed by atoms with Gasteiger partial charge < -0.3 is 10.2 Å². The highest BCUT2D eigenvalue weighted by Gasteiger charge is 2.22. The SMILES string of the molecule is IN1CCN(CC2CNC2)CC1. The van der Waals surface area contributed by atoms with Crippen LogP contribution in [0.15, 0.2) is 0 Å². The molecule has 2 rings (SSSR count). The van der Waals surface area contributed by atoms with Crippen LogP contribution >= 0.6 is 22.9 Å². The van der Waals surface area contributed by atoms with Crippen molar-refractivity contribution in [1.82, 2.24) is 13.3 Å². The van der Waals surface area contributed by atoms with Crippen LogP contribution in [0.25, 0.3) is 0 Å². The molecule has 0 aromatic rings. The summed E-state index contributed by atoms with van der Waals surface area (Å²) >= 11 is 2.42. The molecule has 0 aliphatic carbocycles. The summed E-state index contributed by atoms with van der Waals surface area (Å²) in [4.78, 5) is 2.60. The van der Waals surface area contributed by atoms with E-state index in [9.17, 15) is 0 Å². The first-order chi connectivity index (χ1) is 5.84. The van der Waals surface area contributed by atoms with Gasteiger partial charge in [0.05, 0.1) is 0 Å². The van der Waals surface area contributed by atoms with Gasteiger partial charge in [0.15, 0.2) is 0 Å². The van der Waals surface area contributed by atoms with Crippen molar-refractivity contribution >= 4 is 22.9 Å². The fraction of sp³-hybridized carbons (Fsp3) is 1.00. The molecule has 2 heterocycles. The number of rotatable bonds is 2. The molecule has 0 spiro atoms. The molecule has 0 aromatic carbocycles. The minimum atomic E-state index is 0.936. The first kappa shape index (κ1) is 9.18. The van der Waals surface area contributed by atoms with Crippen molar-refractivity contribution in [2.45, 2.75) is 0 Å². The predicted octanol–water partition coefficient (Wildman–Crippen LogP) is 0.173. The van der Waals surface area contributed by atoms with Crippen LogP contribution in [0.2, 0.25) is 0 Å². The summed E-state index contributed by atoms with van der Waals surface area (Å²) < 4.78 is 2.38. The van der Waals surface area contributed by atoms with Crippen LogP contribution in [0.4, 0.5) is 0 Å². The van der Waals surface area contributed by atoms with Gasteiger partial charge >= 0.3 is 0 Å². The number of nitrogens with zero attached hydrogens (tertiary/aromatic N) is 2. The summed E-state index contributed by atoms with van der Waals surface area (Å²) in [6.45, 7) is 8.80. The maximum absolute atomic E-state index is 3.32. The normalized spacial score (nSPS) is 28.8. The van der Waals surface area contributed by atoms with E-state index in [4.69, 9.17) is 0 Å². The topological polar surface area (TPSA) is 18.5 Å². The Hall–Kier alpha value is 0.610. The number of nitrogens with one attached hydrogen (secondary N) is 1. The van der Waals surface area contributed by atoms with Crippen molar-refractivity contribution in [1.29, 1.82) is 0 Å². The lowest BCUT2D eigenvalue weighted by Crippen LogP contribution is -2.51. The second-order valence-corrected chi connectivity index (χ2v) is 5.10. The highest BCUT2D eigenvalue weighted by Crippen LogP contribution is 2.10. The molecule has 0 saturated carbocycles. The third kappa shape index (κ3) is 2.31. The highest BCUT2D eigenvalue weighted by atomic mass is 127. The molecule has 0 atom stereocenters. The number of hydrogen-bond donors (Lipinski definition) is 1. The first-order valence-corrected chi connectivity index (χ1v) is 5.65. The molecule has 0 amide bonds. The van der Waals surface area contributed by atoms with Crippen LogP contribution < -0.4 is 5.32 Å². The Morgan fingerprint density at radius 3 is 2.33 bits per heavy atom. The molecule has 0 radical (unpaired) electrons. The Kier molecular flexibility index (Phi) is 3.22. The summed E-state index contributed by atoms with van der Waals surface area (Å²) in [6.07, 6.45) is 0. The standard InChI is InChI=1S/C8H16IN3/c9-12-3-1-11(2-4-12)7-8-5-10-6-8/h8,10H,1-7H2. The van der Waals surface area contributed by atoms with E-state index in [-0.39, 0.29) is 0 Å². The van der Waals surface area contributed by atoms with E-state index in [1.807, 2.05) is 0 Å². The number of halogens is 1. The molecular formula is C8H16IN3. The van der Waals surface area contributed by atoms with Gasteiger partial charge in [0.1, 0.15) is 0 Å². The van der Waals surface area contributed by atoms with Crippen molar-refractivity contribution in [2.24, 2.45) is 5.92 Å². The average Bonchev–Trinajstić information content (AvgIpc) is 2.00. The van der Waals surface area contributed by atoms with Crippen LogP contribution in [0.5, 0.6) is 0 Å². The molecule has 4 heteroatoms. The second-order valence-electron chi connectivity index (χ2n) is 3.73. The van der Waals surface area contributed by atoms with E-state index in [1.165, 1.54) is 45.8 Å². The quantitative estimate of drug-likeness (QED) is 0.575. The van der Waals surface area contributed by atoms with E-state index < -0.39 is 0 Å². The van der Waals surface area contributed by atoms with E-state index in [1.54, 1.807) is 0 Å². The Morgan fingerprint density at radius 2 is 1.83 bits per heavy atom. The van der Waals surface area contributed by atoms with Gasteiger partial charge in [-0.15, -0.1) is 0 Å². The Morgan fingerprint density at radius 1 is 1.17 bits per heavy atom. The summed E-state index contributed by atoms with van der Waals surface area (Å²) in [5, 5.41) is 3.32. The van der Waals surface area contributed by atoms with Gasteiger partial charge in [0, 0.05) is 68.7 Å². The summed E-state index contributed by atoms with van der Waals surface area (Å²) in [6, 6.07) is 0. The van der Waals surface area contributed by atoms with Gasteiger partial charge in [-0.25, -0.2) is 3.11 Å². The summed E-state index contributed by atoms with van der Waals surface area (Å²) in [5.41, 5.74) is 0. The van der Waals surface area contributed by atoms with Crippen LogP contribution in [0.3, 0.4) is 0 Å². The van der Waals surface area contributed by atoms with Gasteiger partial charge in [-0.1, -0.05) is 0 Å². The number of piperazine rings is 1. The third-order valence-corrected chi connectivity index (χ3v) is 3.66. The van der Waals surface area contributed by atoms with E-state index in [0.717, 1.165) is 5.92 Å². The fourth-order valence-electron chi connectivity index (χ4n) is 1.75. The van der Waals surface area contributed by atoms with Gasteiger partial charge in [0.25, 0.3) is 0 Å². The van der Waals surface area contributed by atoms with Gasteiger partial charge in [0.2, 0.25) is 0 Å². The molecule has 2 aliphatic heterocycles. The number of hydrogen-bond acceptors (Lipinski definition) is 3.